The predicted octanol–water partition coefficient (Wildman–Crippen LogP) is 3.92. The van der Waals surface area contributed by atoms with E-state index in [-0.39, 0.29) is 11.9 Å². The summed E-state index contributed by atoms with van der Waals surface area (Å²) in [5, 5.41) is 7.06. The van der Waals surface area contributed by atoms with Crippen LogP contribution in [-0.2, 0) is 4.79 Å². The van der Waals surface area contributed by atoms with Gasteiger partial charge in [0.05, 0.1) is 12.3 Å². The van der Waals surface area contributed by atoms with Crippen LogP contribution in [0, 0.1) is 0 Å². The molecule has 140 valence electrons. The molecule has 1 saturated heterocycles. The molecular weight excluding hydrogens is 410 g/mol. The molecule has 0 unspecified atom stereocenters. The molecule has 2 aromatic rings. The Bertz CT molecular complexity index is 917. The molecule has 0 saturated carbocycles. The van der Waals surface area contributed by atoms with E-state index < -0.39 is 5.72 Å². The fourth-order valence-corrected chi connectivity index (χ4v) is 4.72. The zero-order valence-electron chi connectivity index (χ0n) is 15.0. The monoisotopic (exact) mass is 429 g/mol. The van der Waals surface area contributed by atoms with Gasteiger partial charge < -0.3 is 14.1 Å². The molecule has 4 heterocycles. The van der Waals surface area contributed by atoms with Gasteiger partial charge in [-0.1, -0.05) is 15.9 Å². The summed E-state index contributed by atoms with van der Waals surface area (Å²) in [4.78, 5) is 13.7. The number of carbonyl (C=O) groups is 1. The van der Waals surface area contributed by atoms with Crippen LogP contribution < -0.4 is 4.74 Å². The van der Waals surface area contributed by atoms with Crippen molar-refractivity contribution in [1.29, 1.82) is 0 Å². The van der Waals surface area contributed by atoms with Crippen molar-refractivity contribution in [1.82, 2.24) is 9.91 Å². The lowest BCUT2D eigenvalue weighted by atomic mass is 9.91. The lowest BCUT2D eigenvalue weighted by Crippen LogP contribution is -2.59. The number of hydrazone groups is 1. The van der Waals surface area contributed by atoms with Gasteiger partial charge >= 0.3 is 0 Å². The maximum atomic E-state index is 11.8. The van der Waals surface area contributed by atoms with Crippen molar-refractivity contribution in [3.8, 4) is 5.75 Å². The number of rotatable bonds is 1. The Labute approximate surface area is 165 Å². The number of hydrogen-bond donors (Lipinski definition) is 0. The van der Waals surface area contributed by atoms with Crippen LogP contribution in [0.15, 0.2) is 50.6 Å². The first kappa shape index (κ1) is 16.9. The molecule has 0 bridgehead atoms. The van der Waals surface area contributed by atoms with E-state index in [1.807, 2.05) is 29.2 Å². The first-order valence-electron chi connectivity index (χ1n) is 9.20. The Morgan fingerprint density at radius 2 is 2.11 bits per heavy atom. The molecule has 3 aliphatic rings. The summed E-state index contributed by atoms with van der Waals surface area (Å²) in [6, 6.07) is 10.1. The Balaban J connectivity index is 1.56. The minimum Gasteiger partial charge on any atom is -0.466 e. The van der Waals surface area contributed by atoms with E-state index >= 15 is 0 Å². The number of hydrogen-bond acceptors (Lipinski definition) is 5. The van der Waals surface area contributed by atoms with E-state index in [1.165, 1.54) is 0 Å². The van der Waals surface area contributed by atoms with Crippen molar-refractivity contribution < 1.29 is 13.9 Å². The summed E-state index contributed by atoms with van der Waals surface area (Å²) in [6.45, 7) is 2.98. The minimum atomic E-state index is -0.522. The van der Waals surface area contributed by atoms with Crippen molar-refractivity contribution in [2.24, 2.45) is 5.10 Å². The smallest absolute Gasteiger partial charge is 0.219 e. The number of benzene rings is 1. The van der Waals surface area contributed by atoms with E-state index in [2.05, 4.69) is 27.0 Å². The average Bonchev–Trinajstić information content (AvgIpc) is 3.33. The summed E-state index contributed by atoms with van der Waals surface area (Å²) in [5.41, 5.74) is 1.55. The molecule has 0 aliphatic carbocycles. The molecule has 5 rings (SSSR count). The highest BCUT2D eigenvalue weighted by Crippen LogP contribution is 2.50. The average molecular weight is 430 g/mol. The third-order valence-electron chi connectivity index (χ3n) is 5.75. The van der Waals surface area contributed by atoms with Crippen molar-refractivity contribution in [3.63, 3.8) is 0 Å². The SMILES string of the molecule is CC(=O)N1CCC2(CC1)Oc1ccc(Br)cc1[C@H]1CC(c3ccco3)=NN12. The van der Waals surface area contributed by atoms with Crippen LogP contribution in [0.1, 0.15) is 43.6 Å². The van der Waals surface area contributed by atoms with Gasteiger partial charge in [-0.05, 0) is 30.3 Å². The van der Waals surface area contributed by atoms with Crippen LogP contribution in [0.4, 0.5) is 0 Å². The minimum absolute atomic E-state index is 0.107. The van der Waals surface area contributed by atoms with Crippen LogP contribution in [0.5, 0.6) is 5.75 Å². The third kappa shape index (κ3) is 2.67. The molecule has 7 heteroatoms. The largest absolute Gasteiger partial charge is 0.466 e. The number of carbonyl (C=O) groups excluding carboxylic acids is 1. The van der Waals surface area contributed by atoms with Crippen molar-refractivity contribution >= 4 is 27.5 Å². The second kappa shape index (κ2) is 6.12. The van der Waals surface area contributed by atoms with E-state index in [0.717, 1.165) is 46.5 Å². The van der Waals surface area contributed by atoms with Gasteiger partial charge in [-0.2, -0.15) is 5.10 Å². The summed E-state index contributed by atoms with van der Waals surface area (Å²) < 4.78 is 13.2. The molecule has 1 aromatic heterocycles. The predicted molar refractivity (Wildman–Crippen MR) is 103 cm³/mol. The Morgan fingerprint density at radius 3 is 2.81 bits per heavy atom. The van der Waals surface area contributed by atoms with Gasteiger partial charge in [0, 0.05) is 49.3 Å². The zero-order chi connectivity index (χ0) is 18.6. The second-order valence-electron chi connectivity index (χ2n) is 7.32. The third-order valence-corrected chi connectivity index (χ3v) is 6.25. The van der Waals surface area contributed by atoms with Crippen molar-refractivity contribution in [3.05, 3.63) is 52.4 Å². The highest BCUT2D eigenvalue weighted by atomic mass is 79.9. The molecule has 1 amide bonds. The molecule has 27 heavy (non-hydrogen) atoms. The Kier molecular flexibility index (Phi) is 3.82. The maximum absolute atomic E-state index is 11.8. The molecule has 0 N–H and O–H groups in total. The van der Waals surface area contributed by atoms with Gasteiger partial charge in [0.15, 0.2) is 0 Å². The number of fused-ring (bicyclic) bond motifs is 4. The number of halogens is 1. The summed E-state index contributed by atoms with van der Waals surface area (Å²) >= 11 is 3.58. The van der Waals surface area contributed by atoms with Crippen molar-refractivity contribution in [2.45, 2.75) is 38.0 Å². The quantitative estimate of drug-likeness (QED) is 0.688. The molecule has 6 nitrogen and oxygen atoms in total. The van der Waals surface area contributed by atoms with Gasteiger partial charge in [0.1, 0.15) is 17.2 Å². The van der Waals surface area contributed by atoms with Gasteiger partial charge in [-0.3, -0.25) is 4.79 Å². The first-order valence-corrected chi connectivity index (χ1v) is 10.00. The molecular formula is C20H20BrN3O3. The molecule has 1 atom stereocenters. The lowest BCUT2D eigenvalue weighted by Gasteiger charge is -2.51. The topological polar surface area (TPSA) is 58.3 Å². The molecule has 1 fully saturated rings. The summed E-state index contributed by atoms with van der Waals surface area (Å²) in [6.07, 6.45) is 3.91. The van der Waals surface area contributed by atoms with Gasteiger partial charge in [-0.15, -0.1) is 0 Å². The van der Waals surface area contributed by atoms with Crippen LogP contribution in [0.25, 0.3) is 0 Å². The van der Waals surface area contributed by atoms with E-state index in [0.29, 0.717) is 13.1 Å². The zero-order valence-corrected chi connectivity index (χ0v) is 16.6. The van der Waals surface area contributed by atoms with Gasteiger partial charge in [-0.25, -0.2) is 5.01 Å². The Morgan fingerprint density at radius 1 is 1.30 bits per heavy atom. The second-order valence-corrected chi connectivity index (χ2v) is 8.24. The molecule has 1 aromatic carbocycles. The van der Waals surface area contributed by atoms with Crippen LogP contribution in [-0.4, -0.2) is 40.3 Å². The molecule has 3 aliphatic heterocycles. The Hall–Kier alpha value is -2.28. The van der Waals surface area contributed by atoms with E-state index in [9.17, 15) is 4.79 Å². The van der Waals surface area contributed by atoms with Crippen LogP contribution >= 0.6 is 15.9 Å². The standard InChI is InChI=1S/C20H20BrN3O3/c1-13(25)23-8-6-20(7-9-23)24-17(12-16(22-24)19-3-2-10-26-19)15-11-14(21)4-5-18(15)27-20/h2-5,10-11,17H,6-9,12H2,1H3/t17-/m1/s1. The number of furan rings is 1. The van der Waals surface area contributed by atoms with E-state index in [1.54, 1.807) is 13.2 Å². The summed E-state index contributed by atoms with van der Waals surface area (Å²) in [5.74, 6) is 1.83. The summed E-state index contributed by atoms with van der Waals surface area (Å²) in [7, 11) is 0. The number of ether oxygens (including phenoxy) is 1. The lowest BCUT2D eigenvalue weighted by molar-refractivity contribution is -0.158. The highest BCUT2D eigenvalue weighted by molar-refractivity contribution is 9.10. The van der Waals surface area contributed by atoms with E-state index in [4.69, 9.17) is 14.3 Å². The molecule has 1 spiro atoms. The number of likely N-dealkylation sites (tertiary alicyclic amines) is 1. The van der Waals surface area contributed by atoms with Crippen molar-refractivity contribution in [2.75, 3.05) is 13.1 Å². The normalized spacial score (nSPS) is 22.9. The number of piperidine rings is 1. The number of amides is 1. The van der Waals surface area contributed by atoms with Gasteiger partial charge in [0.2, 0.25) is 11.6 Å². The number of nitrogens with zero attached hydrogens (tertiary/aromatic N) is 3. The fourth-order valence-electron chi connectivity index (χ4n) is 4.35. The van der Waals surface area contributed by atoms with Crippen LogP contribution in [0.3, 0.4) is 0 Å². The molecule has 0 radical (unpaired) electrons. The van der Waals surface area contributed by atoms with Crippen LogP contribution in [0.2, 0.25) is 0 Å². The maximum Gasteiger partial charge on any atom is 0.219 e. The first-order chi connectivity index (χ1) is 13.1. The fraction of sp³-hybridized carbons (Fsp3) is 0.400. The highest BCUT2D eigenvalue weighted by Gasteiger charge is 2.52. The van der Waals surface area contributed by atoms with Gasteiger partial charge in [0.25, 0.3) is 0 Å².